The van der Waals surface area contributed by atoms with E-state index in [4.69, 9.17) is 9.15 Å². The normalized spacial score (nSPS) is 10.4. The van der Waals surface area contributed by atoms with E-state index in [1.165, 1.54) is 0 Å². The smallest absolute Gasteiger partial charge is 0.258 e. The molecule has 1 N–H and O–H groups in total. The topological polar surface area (TPSA) is 64.4 Å². The van der Waals surface area contributed by atoms with Crippen molar-refractivity contribution in [2.75, 3.05) is 6.61 Å². The number of ether oxygens (including phenoxy) is 1. The fourth-order valence-corrected chi connectivity index (χ4v) is 2.18. The Kier molecular flexibility index (Phi) is 4.91. The lowest BCUT2D eigenvalue weighted by Gasteiger charge is -2.08. The van der Waals surface area contributed by atoms with Gasteiger partial charge in [0.1, 0.15) is 11.4 Å². The van der Waals surface area contributed by atoms with Crippen LogP contribution in [0.4, 0.5) is 0 Å². The number of carbonyl (C=O) groups is 1. The average Bonchev–Trinajstić information content (AvgIpc) is 3.14. The van der Waals surface area contributed by atoms with Gasteiger partial charge < -0.3 is 14.5 Å². The molecule has 0 saturated heterocycles. The van der Waals surface area contributed by atoms with E-state index in [-0.39, 0.29) is 12.5 Å². The van der Waals surface area contributed by atoms with E-state index in [0.717, 1.165) is 16.8 Å². The first-order chi connectivity index (χ1) is 11.7. The summed E-state index contributed by atoms with van der Waals surface area (Å²) in [5, 5.41) is 2.83. The maximum atomic E-state index is 11.9. The summed E-state index contributed by atoms with van der Waals surface area (Å²) in [5.74, 6) is 1.21. The van der Waals surface area contributed by atoms with Crippen molar-refractivity contribution < 1.29 is 13.9 Å². The Balaban J connectivity index is 1.51. The van der Waals surface area contributed by atoms with Crippen molar-refractivity contribution >= 4 is 5.91 Å². The Morgan fingerprint density at radius 3 is 2.79 bits per heavy atom. The quantitative estimate of drug-likeness (QED) is 0.756. The molecule has 2 aromatic heterocycles. The van der Waals surface area contributed by atoms with Gasteiger partial charge in [-0.2, -0.15) is 0 Å². The lowest BCUT2D eigenvalue weighted by Crippen LogP contribution is -2.28. The van der Waals surface area contributed by atoms with Gasteiger partial charge in [-0.15, -0.1) is 0 Å². The van der Waals surface area contributed by atoms with E-state index >= 15 is 0 Å². The zero-order chi connectivity index (χ0) is 16.8. The lowest BCUT2D eigenvalue weighted by atomic mass is 10.2. The van der Waals surface area contributed by atoms with Crippen molar-refractivity contribution in [3.8, 4) is 17.2 Å². The van der Waals surface area contributed by atoms with Crippen molar-refractivity contribution in [1.82, 2.24) is 10.3 Å². The van der Waals surface area contributed by atoms with Gasteiger partial charge in [0.15, 0.2) is 12.4 Å². The molecule has 3 aromatic rings. The average molecular weight is 322 g/mol. The van der Waals surface area contributed by atoms with Crippen LogP contribution in [0.25, 0.3) is 11.5 Å². The highest BCUT2D eigenvalue weighted by Crippen LogP contribution is 2.18. The van der Waals surface area contributed by atoms with Crippen molar-refractivity contribution in [1.29, 1.82) is 0 Å². The summed E-state index contributed by atoms with van der Waals surface area (Å²) in [5.41, 5.74) is 2.83. The highest BCUT2D eigenvalue weighted by molar-refractivity contribution is 5.77. The summed E-state index contributed by atoms with van der Waals surface area (Å²) in [6.45, 7) is 2.40. The van der Waals surface area contributed by atoms with Gasteiger partial charge in [-0.05, 0) is 48.9 Å². The standard InChI is InChI=1S/C19H18N2O3/c1-14-4-6-16(7-5-14)24-13-19(22)21-12-15-8-9-20-17(11-15)18-3-2-10-23-18/h2-11H,12-13H2,1H3,(H,21,22). The number of benzene rings is 1. The number of nitrogens with one attached hydrogen (secondary N) is 1. The van der Waals surface area contributed by atoms with Crippen LogP contribution in [0.2, 0.25) is 0 Å². The molecule has 2 heterocycles. The molecule has 0 aliphatic carbocycles. The SMILES string of the molecule is Cc1ccc(OCC(=O)NCc2ccnc(-c3ccco3)c2)cc1. The van der Waals surface area contributed by atoms with Crippen LogP contribution in [0.5, 0.6) is 5.75 Å². The molecule has 1 aromatic carbocycles. The van der Waals surface area contributed by atoms with Gasteiger partial charge in [-0.3, -0.25) is 9.78 Å². The molecule has 0 aliphatic rings. The maximum Gasteiger partial charge on any atom is 0.258 e. The molecular weight excluding hydrogens is 304 g/mol. The molecule has 1 amide bonds. The molecule has 122 valence electrons. The zero-order valence-electron chi connectivity index (χ0n) is 13.4. The minimum Gasteiger partial charge on any atom is -0.484 e. The molecule has 0 fully saturated rings. The molecule has 24 heavy (non-hydrogen) atoms. The molecular formula is C19H18N2O3. The molecule has 0 atom stereocenters. The second-order valence-electron chi connectivity index (χ2n) is 5.41. The number of aryl methyl sites for hydroxylation is 1. The molecule has 5 heteroatoms. The number of pyridine rings is 1. The third-order valence-electron chi connectivity index (χ3n) is 3.48. The summed E-state index contributed by atoms with van der Waals surface area (Å²) < 4.78 is 10.8. The van der Waals surface area contributed by atoms with Gasteiger partial charge in [0.05, 0.1) is 6.26 Å². The lowest BCUT2D eigenvalue weighted by molar-refractivity contribution is -0.123. The van der Waals surface area contributed by atoms with Crippen molar-refractivity contribution in [2.24, 2.45) is 0 Å². The van der Waals surface area contributed by atoms with Crippen LogP contribution in [0.1, 0.15) is 11.1 Å². The predicted molar refractivity (Wildman–Crippen MR) is 90.5 cm³/mol. The van der Waals surface area contributed by atoms with E-state index < -0.39 is 0 Å². The van der Waals surface area contributed by atoms with Gasteiger partial charge >= 0.3 is 0 Å². The summed E-state index contributed by atoms with van der Waals surface area (Å²) >= 11 is 0. The molecule has 0 unspecified atom stereocenters. The minimum absolute atomic E-state index is 0.0147. The summed E-state index contributed by atoms with van der Waals surface area (Å²) in [4.78, 5) is 16.2. The Morgan fingerprint density at radius 2 is 2.04 bits per heavy atom. The molecule has 0 spiro atoms. The molecule has 0 radical (unpaired) electrons. The van der Waals surface area contributed by atoms with Gasteiger partial charge in [0, 0.05) is 12.7 Å². The number of hydrogen-bond acceptors (Lipinski definition) is 4. The van der Waals surface area contributed by atoms with Crippen LogP contribution in [-0.2, 0) is 11.3 Å². The van der Waals surface area contributed by atoms with Crippen LogP contribution in [0.15, 0.2) is 65.4 Å². The first-order valence-electron chi connectivity index (χ1n) is 7.66. The minimum atomic E-state index is -0.174. The number of carbonyl (C=O) groups excluding carboxylic acids is 1. The van der Waals surface area contributed by atoms with Crippen LogP contribution in [0, 0.1) is 6.92 Å². The van der Waals surface area contributed by atoms with E-state index in [0.29, 0.717) is 18.1 Å². The highest BCUT2D eigenvalue weighted by Gasteiger charge is 2.06. The number of furan rings is 1. The zero-order valence-corrected chi connectivity index (χ0v) is 13.4. The summed E-state index contributed by atoms with van der Waals surface area (Å²) in [6, 6.07) is 15.0. The van der Waals surface area contributed by atoms with Gasteiger partial charge in [0.2, 0.25) is 0 Å². The van der Waals surface area contributed by atoms with Crippen molar-refractivity contribution in [3.05, 3.63) is 72.1 Å². The number of nitrogens with zero attached hydrogens (tertiary/aromatic N) is 1. The summed E-state index contributed by atoms with van der Waals surface area (Å²) in [7, 11) is 0. The van der Waals surface area contributed by atoms with Gasteiger partial charge in [-0.1, -0.05) is 17.7 Å². The summed E-state index contributed by atoms with van der Waals surface area (Å²) in [6.07, 6.45) is 3.30. The Labute approximate surface area is 140 Å². The third kappa shape index (κ3) is 4.23. The van der Waals surface area contributed by atoms with Gasteiger partial charge in [-0.25, -0.2) is 0 Å². The van der Waals surface area contributed by atoms with Crippen LogP contribution in [-0.4, -0.2) is 17.5 Å². The van der Waals surface area contributed by atoms with Crippen LogP contribution >= 0.6 is 0 Å². The third-order valence-corrected chi connectivity index (χ3v) is 3.48. The largest absolute Gasteiger partial charge is 0.484 e. The molecule has 3 rings (SSSR count). The first kappa shape index (κ1) is 15.8. The van der Waals surface area contributed by atoms with E-state index in [1.807, 2.05) is 55.5 Å². The van der Waals surface area contributed by atoms with Crippen LogP contribution in [0.3, 0.4) is 0 Å². The first-order valence-corrected chi connectivity index (χ1v) is 7.66. The molecule has 0 bridgehead atoms. The Morgan fingerprint density at radius 1 is 1.21 bits per heavy atom. The second-order valence-corrected chi connectivity index (χ2v) is 5.41. The number of hydrogen-bond donors (Lipinski definition) is 1. The monoisotopic (exact) mass is 322 g/mol. The predicted octanol–water partition coefficient (Wildman–Crippen LogP) is 3.35. The molecule has 0 saturated carbocycles. The number of aromatic nitrogens is 1. The highest BCUT2D eigenvalue weighted by atomic mass is 16.5. The van der Waals surface area contributed by atoms with Crippen molar-refractivity contribution in [2.45, 2.75) is 13.5 Å². The Hall–Kier alpha value is -3.08. The van der Waals surface area contributed by atoms with Crippen LogP contribution < -0.4 is 10.1 Å². The fourth-order valence-electron chi connectivity index (χ4n) is 2.18. The fraction of sp³-hybridized carbons (Fsp3) is 0.158. The van der Waals surface area contributed by atoms with E-state index in [2.05, 4.69) is 10.3 Å². The molecule has 0 aliphatic heterocycles. The molecule has 5 nitrogen and oxygen atoms in total. The second kappa shape index (κ2) is 7.46. The Bertz CT molecular complexity index is 796. The number of amides is 1. The van der Waals surface area contributed by atoms with E-state index in [9.17, 15) is 4.79 Å². The number of rotatable bonds is 6. The van der Waals surface area contributed by atoms with Crippen molar-refractivity contribution in [3.63, 3.8) is 0 Å². The maximum absolute atomic E-state index is 11.9. The van der Waals surface area contributed by atoms with E-state index in [1.54, 1.807) is 12.5 Å². The van der Waals surface area contributed by atoms with Gasteiger partial charge in [0.25, 0.3) is 5.91 Å².